The highest BCUT2D eigenvalue weighted by atomic mass is 79.9. The van der Waals surface area contributed by atoms with Gasteiger partial charge in [0.25, 0.3) is 0 Å². The van der Waals surface area contributed by atoms with E-state index in [0.29, 0.717) is 16.9 Å². The van der Waals surface area contributed by atoms with E-state index in [2.05, 4.69) is 35.1 Å². The van der Waals surface area contributed by atoms with Gasteiger partial charge in [0, 0.05) is 10.2 Å². The number of carbonyl (C=O) groups is 1. The normalized spacial score (nSPS) is 25.2. The zero-order chi connectivity index (χ0) is 14.9. The highest BCUT2D eigenvalue weighted by molar-refractivity contribution is 9.10. The number of halogens is 2. The van der Waals surface area contributed by atoms with E-state index >= 15 is 0 Å². The van der Waals surface area contributed by atoms with Crippen molar-refractivity contribution in [2.24, 2.45) is 11.8 Å². The minimum Gasteiger partial charge on any atom is -0.467 e. The molecule has 0 saturated heterocycles. The van der Waals surface area contributed by atoms with Gasteiger partial charge in [0.1, 0.15) is 5.54 Å². The number of ether oxygens (including phenoxy) is 1. The summed E-state index contributed by atoms with van der Waals surface area (Å²) >= 11 is 9.38. The summed E-state index contributed by atoms with van der Waals surface area (Å²) < 4.78 is 5.78. The van der Waals surface area contributed by atoms with E-state index in [1.165, 1.54) is 7.11 Å². The SMILES string of the molecule is COC(=O)C1(Nc2ccc(Cl)c(Br)c2)CC(C(C)C)C1. The average molecular weight is 361 g/mol. The van der Waals surface area contributed by atoms with Crippen LogP contribution >= 0.6 is 27.5 Å². The Morgan fingerprint density at radius 2 is 2.15 bits per heavy atom. The summed E-state index contributed by atoms with van der Waals surface area (Å²) in [6, 6.07) is 5.56. The van der Waals surface area contributed by atoms with Crippen LogP contribution in [0.3, 0.4) is 0 Å². The molecule has 0 atom stereocenters. The summed E-state index contributed by atoms with van der Waals surface area (Å²) in [6.45, 7) is 4.37. The van der Waals surface area contributed by atoms with E-state index in [1.54, 1.807) is 6.07 Å². The third kappa shape index (κ3) is 2.96. The van der Waals surface area contributed by atoms with Crippen molar-refractivity contribution in [3.63, 3.8) is 0 Å². The Labute approximate surface area is 133 Å². The predicted molar refractivity (Wildman–Crippen MR) is 85.1 cm³/mol. The Morgan fingerprint density at radius 3 is 2.65 bits per heavy atom. The summed E-state index contributed by atoms with van der Waals surface area (Å²) in [4.78, 5) is 12.1. The second kappa shape index (κ2) is 5.94. The Hall–Kier alpha value is -0.740. The zero-order valence-electron chi connectivity index (χ0n) is 11.9. The first kappa shape index (κ1) is 15.6. The molecule has 1 N–H and O–H groups in total. The topological polar surface area (TPSA) is 38.3 Å². The van der Waals surface area contributed by atoms with Gasteiger partial charge in [-0.2, -0.15) is 0 Å². The van der Waals surface area contributed by atoms with E-state index in [9.17, 15) is 4.79 Å². The molecule has 0 unspecified atom stereocenters. The summed E-state index contributed by atoms with van der Waals surface area (Å²) in [5.74, 6) is 0.935. The Morgan fingerprint density at radius 1 is 1.50 bits per heavy atom. The number of methoxy groups -OCH3 is 1. The molecule has 2 rings (SSSR count). The first-order chi connectivity index (χ1) is 9.38. The van der Waals surface area contributed by atoms with Gasteiger partial charge in [0.15, 0.2) is 0 Å². The van der Waals surface area contributed by atoms with Crippen molar-refractivity contribution in [2.75, 3.05) is 12.4 Å². The number of hydrogen-bond donors (Lipinski definition) is 1. The van der Waals surface area contributed by atoms with Gasteiger partial charge in [0.2, 0.25) is 0 Å². The number of benzene rings is 1. The third-order valence-electron chi connectivity index (χ3n) is 4.04. The highest BCUT2D eigenvalue weighted by Crippen LogP contribution is 2.45. The predicted octanol–water partition coefficient (Wildman–Crippen LogP) is 4.49. The van der Waals surface area contributed by atoms with Crippen LogP contribution in [-0.2, 0) is 9.53 Å². The number of hydrogen-bond acceptors (Lipinski definition) is 3. The van der Waals surface area contributed by atoms with Gasteiger partial charge in [-0.3, -0.25) is 0 Å². The lowest BCUT2D eigenvalue weighted by Gasteiger charge is -2.48. The van der Waals surface area contributed by atoms with Crippen LogP contribution in [0.2, 0.25) is 5.02 Å². The van der Waals surface area contributed by atoms with Crippen LogP contribution in [0.5, 0.6) is 0 Å². The number of anilines is 1. The van der Waals surface area contributed by atoms with Crippen molar-refractivity contribution < 1.29 is 9.53 Å². The molecular weight excluding hydrogens is 342 g/mol. The second-order valence-corrected chi connectivity index (χ2v) is 7.00. The molecule has 0 aromatic heterocycles. The molecule has 3 nitrogen and oxygen atoms in total. The summed E-state index contributed by atoms with van der Waals surface area (Å²) in [5.41, 5.74) is 0.269. The Kier molecular flexibility index (Phi) is 4.65. The molecule has 1 aliphatic carbocycles. The second-order valence-electron chi connectivity index (χ2n) is 5.74. The van der Waals surface area contributed by atoms with Crippen LogP contribution in [-0.4, -0.2) is 18.6 Å². The average Bonchev–Trinajstić information content (AvgIpc) is 2.36. The van der Waals surface area contributed by atoms with Gasteiger partial charge in [-0.05, 0) is 58.8 Å². The molecule has 0 spiro atoms. The van der Waals surface area contributed by atoms with E-state index in [0.717, 1.165) is 23.0 Å². The highest BCUT2D eigenvalue weighted by Gasteiger charge is 2.52. The lowest BCUT2D eigenvalue weighted by Crippen LogP contribution is -2.58. The maximum atomic E-state index is 12.1. The zero-order valence-corrected chi connectivity index (χ0v) is 14.2. The largest absolute Gasteiger partial charge is 0.467 e. The van der Waals surface area contributed by atoms with Gasteiger partial charge in [-0.25, -0.2) is 4.79 Å². The van der Waals surface area contributed by atoms with Gasteiger partial charge >= 0.3 is 5.97 Å². The van der Waals surface area contributed by atoms with Crippen LogP contribution in [0.1, 0.15) is 26.7 Å². The molecule has 1 aromatic carbocycles. The van der Waals surface area contributed by atoms with Gasteiger partial charge in [-0.1, -0.05) is 25.4 Å². The molecular formula is C15H19BrClNO2. The van der Waals surface area contributed by atoms with Crippen LogP contribution < -0.4 is 5.32 Å². The van der Waals surface area contributed by atoms with E-state index in [-0.39, 0.29) is 5.97 Å². The van der Waals surface area contributed by atoms with Crippen molar-refractivity contribution in [1.29, 1.82) is 0 Å². The summed E-state index contributed by atoms with van der Waals surface area (Å²) in [7, 11) is 1.44. The first-order valence-electron chi connectivity index (χ1n) is 6.69. The fourth-order valence-corrected chi connectivity index (χ4v) is 3.17. The van der Waals surface area contributed by atoms with Gasteiger partial charge in [0.05, 0.1) is 12.1 Å². The van der Waals surface area contributed by atoms with Crippen molar-refractivity contribution in [3.05, 3.63) is 27.7 Å². The quantitative estimate of drug-likeness (QED) is 0.804. The van der Waals surface area contributed by atoms with E-state index < -0.39 is 5.54 Å². The third-order valence-corrected chi connectivity index (χ3v) is 5.26. The molecule has 1 aliphatic rings. The molecule has 110 valence electrons. The molecule has 0 bridgehead atoms. The smallest absolute Gasteiger partial charge is 0.331 e. The van der Waals surface area contributed by atoms with Crippen LogP contribution in [0.25, 0.3) is 0 Å². The molecule has 0 amide bonds. The number of esters is 1. The van der Waals surface area contributed by atoms with Crippen LogP contribution in [0.15, 0.2) is 22.7 Å². The summed E-state index contributed by atoms with van der Waals surface area (Å²) in [6.07, 6.45) is 1.61. The van der Waals surface area contributed by atoms with Gasteiger partial charge < -0.3 is 10.1 Å². The Balaban J connectivity index is 2.17. The van der Waals surface area contributed by atoms with Gasteiger partial charge in [-0.15, -0.1) is 0 Å². The first-order valence-corrected chi connectivity index (χ1v) is 7.87. The molecule has 1 aromatic rings. The number of nitrogens with one attached hydrogen (secondary N) is 1. The lowest BCUT2D eigenvalue weighted by molar-refractivity contribution is -0.151. The van der Waals surface area contributed by atoms with E-state index in [1.807, 2.05) is 12.1 Å². The molecule has 0 heterocycles. The molecule has 0 aliphatic heterocycles. The van der Waals surface area contributed by atoms with Crippen LogP contribution in [0.4, 0.5) is 5.69 Å². The minimum atomic E-state index is -0.600. The van der Waals surface area contributed by atoms with Crippen molar-refractivity contribution in [3.8, 4) is 0 Å². The van der Waals surface area contributed by atoms with Crippen molar-refractivity contribution >= 4 is 39.2 Å². The molecule has 0 radical (unpaired) electrons. The number of rotatable bonds is 4. The monoisotopic (exact) mass is 359 g/mol. The molecule has 20 heavy (non-hydrogen) atoms. The minimum absolute atomic E-state index is 0.194. The summed E-state index contributed by atoms with van der Waals surface area (Å²) in [5, 5.41) is 3.98. The maximum absolute atomic E-state index is 12.1. The fourth-order valence-electron chi connectivity index (χ4n) is 2.67. The fraction of sp³-hybridized carbons (Fsp3) is 0.533. The van der Waals surface area contributed by atoms with Crippen LogP contribution in [0, 0.1) is 11.8 Å². The van der Waals surface area contributed by atoms with Crippen molar-refractivity contribution in [1.82, 2.24) is 0 Å². The molecule has 1 fully saturated rings. The number of carbonyl (C=O) groups excluding carboxylic acids is 1. The Bertz CT molecular complexity index is 513. The van der Waals surface area contributed by atoms with E-state index in [4.69, 9.17) is 16.3 Å². The standard InChI is InChI=1S/C15H19BrClNO2/c1-9(2)10-7-15(8-10,14(19)20-3)18-11-4-5-13(17)12(16)6-11/h4-6,9-10,18H,7-8H2,1-3H3. The molecule has 5 heteroatoms. The molecule has 1 saturated carbocycles. The maximum Gasteiger partial charge on any atom is 0.331 e. The van der Waals surface area contributed by atoms with Crippen molar-refractivity contribution in [2.45, 2.75) is 32.2 Å². The lowest BCUT2D eigenvalue weighted by atomic mass is 9.64.